The maximum atomic E-state index is 6.16. The molecule has 0 aliphatic heterocycles. The maximum Gasteiger partial charge on any atom is 0.140 e. The van der Waals surface area contributed by atoms with Crippen LogP contribution in [0.15, 0.2) is 35.1 Å². The minimum atomic E-state index is -0.303. The molecule has 142 valence electrons. The zero-order chi connectivity index (χ0) is 19.6. The molecular weight excluding hydrogens is 342 g/mol. The number of ether oxygens (including phenoxy) is 2. The first kappa shape index (κ1) is 18.9. The van der Waals surface area contributed by atoms with Crippen LogP contribution >= 0.6 is 0 Å². The number of nitrogens with zero attached hydrogens (tertiary/aromatic N) is 3. The van der Waals surface area contributed by atoms with E-state index in [4.69, 9.17) is 14.0 Å². The molecule has 3 rings (SSSR count). The van der Waals surface area contributed by atoms with Crippen LogP contribution in [0.1, 0.15) is 43.5 Å². The number of benzene rings is 1. The van der Waals surface area contributed by atoms with Crippen LogP contribution in [0.4, 0.5) is 0 Å². The van der Waals surface area contributed by atoms with Crippen molar-refractivity contribution in [3.63, 3.8) is 0 Å². The average Bonchev–Trinajstić information content (AvgIpc) is 2.91. The molecule has 0 unspecified atom stereocenters. The second-order valence-corrected chi connectivity index (χ2v) is 7.45. The molecule has 0 amide bonds. The highest BCUT2D eigenvalue weighted by Crippen LogP contribution is 2.35. The van der Waals surface area contributed by atoms with Crippen LogP contribution in [0.3, 0.4) is 0 Å². The first-order chi connectivity index (χ1) is 12.7. The Balaban J connectivity index is 1.99. The number of rotatable bonds is 5. The largest absolute Gasteiger partial charge is 0.488 e. The van der Waals surface area contributed by atoms with Crippen molar-refractivity contribution in [2.75, 3.05) is 0 Å². The lowest BCUT2D eigenvalue weighted by Crippen LogP contribution is -2.22. The molecule has 3 aromatic rings. The molecular formula is C21H25N3O3. The van der Waals surface area contributed by atoms with Crippen LogP contribution in [0.2, 0.25) is 0 Å². The zero-order valence-corrected chi connectivity index (χ0v) is 16.7. The number of hydrogen-bond acceptors (Lipinski definition) is 6. The smallest absolute Gasteiger partial charge is 0.140 e. The van der Waals surface area contributed by atoms with Crippen LogP contribution in [-0.4, -0.2) is 20.7 Å². The second-order valence-electron chi connectivity index (χ2n) is 7.45. The van der Waals surface area contributed by atoms with E-state index in [1.54, 1.807) is 12.4 Å². The highest BCUT2D eigenvalue weighted by molar-refractivity contribution is 5.70. The Labute approximate surface area is 159 Å². The quantitative estimate of drug-likeness (QED) is 0.644. The van der Waals surface area contributed by atoms with E-state index >= 15 is 0 Å². The van der Waals surface area contributed by atoms with Crippen molar-refractivity contribution in [3.05, 3.63) is 53.3 Å². The molecule has 1 aromatic carbocycles. The molecule has 0 atom stereocenters. The molecule has 0 spiro atoms. The third-order valence-corrected chi connectivity index (χ3v) is 4.07. The first-order valence-corrected chi connectivity index (χ1v) is 8.90. The lowest BCUT2D eigenvalue weighted by atomic mass is 10.1. The van der Waals surface area contributed by atoms with Crippen molar-refractivity contribution in [2.45, 2.75) is 53.8 Å². The fourth-order valence-electron chi connectivity index (χ4n) is 2.76. The Morgan fingerprint density at radius 2 is 1.74 bits per heavy atom. The lowest BCUT2D eigenvalue weighted by Gasteiger charge is -2.22. The summed E-state index contributed by atoms with van der Waals surface area (Å²) in [6.45, 7) is 12.1. The second kappa shape index (κ2) is 7.39. The van der Waals surface area contributed by atoms with E-state index in [0.717, 1.165) is 39.7 Å². The fourth-order valence-corrected chi connectivity index (χ4v) is 2.76. The van der Waals surface area contributed by atoms with Gasteiger partial charge >= 0.3 is 0 Å². The molecule has 0 radical (unpaired) electrons. The minimum absolute atomic E-state index is 0.303. The Hall–Kier alpha value is -2.89. The monoisotopic (exact) mass is 367 g/mol. The van der Waals surface area contributed by atoms with Gasteiger partial charge in [-0.1, -0.05) is 5.16 Å². The molecule has 0 aliphatic rings. The molecule has 0 bridgehead atoms. The van der Waals surface area contributed by atoms with Gasteiger partial charge in [-0.15, -0.1) is 0 Å². The summed E-state index contributed by atoms with van der Waals surface area (Å²) in [4.78, 5) is 8.82. The number of aromatic nitrogens is 3. The normalized spacial score (nSPS) is 11.5. The Bertz CT molecular complexity index is 923. The van der Waals surface area contributed by atoms with E-state index in [-0.39, 0.29) is 5.60 Å². The summed E-state index contributed by atoms with van der Waals surface area (Å²) in [6.07, 6.45) is 3.36. The van der Waals surface area contributed by atoms with Crippen LogP contribution in [-0.2, 0) is 6.61 Å². The highest BCUT2D eigenvalue weighted by Gasteiger charge is 2.18. The zero-order valence-electron chi connectivity index (χ0n) is 16.7. The fraction of sp³-hybridized carbons (Fsp3) is 0.381. The van der Waals surface area contributed by atoms with E-state index in [2.05, 4.69) is 15.1 Å². The van der Waals surface area contributed by atoms with Gasteiger partial charge in [-0.3, -0.25) is 9.97 Å². The van der Waals surface area contributed by atoms with E-state index in [9.17, 15) is 0 Å². The van der Waals surface area contributed by atoms with Crippen molar-refractivity contribution in [2.24, 2.45) is 0 Å². The molecule has 2 heterocycles. The summed E-state index contributed by atoms with van der Waals surface area (Å²) in [6, 6.07) is 5.78. The van der Waals surface area contributed by atoms with Gasteiger partial charge < -0.3 is 14.0 Å². The summed E-state index contributed by atoms with van der Waals surface area (Å²) in [5.74, 6) is 2.17. The van der Waals surface area contributed by atoms with Crippen LogP contribution in [0, 0.1) is 20.8 Å². The van der Waals surface area contributed by atoms with Gasteiger partial charge in [0.25, 0.3) is 0 Å². The molecule has 6 nitrogen and oxygen atoms in total. The van der Waals surface area contributed by atoms with Crippen LogP contribution < -0.4 is 9.47 Å². The Morgan fingerprint density at radius 3 is 2.37 bits per heavy atom. The molecule has 0 saturated carbocycles. The van der Waals surface area contributed by atoms with Gasteiger partial charge in [0.15, 0.2) is 0 Å². The minimum Gasteiger partial charge on any atom is -0.488 e. The van der Waals surface area contributed by atoms with Crippen molar-refractivity contribution in [1.82, 2.24) is 15.1 Å². The van der Waals surface area contributed by atoms with E-state index in [1.807, 2.05) is 59.7 Å². The molecule has 27 heavy (non-hydrogen) atoms. The summed E-state index contributed by atoms with van der Waals surface area (Å²) in [5, 5.41) is 3.99. The van der Waals surface area contributed by atoms with Crippen molar-refractivity contribution >= 4 is 0 Å². The standard InChI is InChI=1S/C21H25N3O3/c1-13-18(15(3)27-24-13)12-25-19-11-16(26-21(4,5)6)7-8-17(19)20-14(2)22-9-10-23-20/h7-11H,12H2,1-6H3. The first-order valence-electron chi connectivity index (χ1n) is 8.90. The van der Waals surface area contributed by atoms with Gasteiger partial charge in [0, 0.05) is 24.0 Å². The van der Waals surface area contributed by atoms with Crippen LogP contribution in [0.25, 0.3) is 11.3 Å². The predicted molar refractivity (Wildman–Crippen MR) is 103 cm³/mol. The SMILES string of the molecule is Cc1nccnc1-c1ccc(OC(C)(C)C)cc1OCc1c(C)noc1C. The van der Waals surface area contributed by atoms with E-state index in [1.165, 1.54) is 0 Å². The number of aryl methyl sites for hydroxylation is 3. The summed E-state index contributed by atoms with van der Waals surface area (Å²) in [7, 11) is 0. The molecule has 2 aromatic heterocycles. The summed E-state index contributed by atoms with van der Waals surface area (Å²) in [5.41, 5.74) is 3.96. The van der Waals surface area contributed by atoms with Gasteiger partial charge in [-0.05, 0) is 53.7 Å². The molecule has 0 N–H and O–H groups in total. The van der Waals surface area contributed by atoms with Crippen molar-refractivity contribution in [1.29, 1.82) is 0 Å². The maximum absolute atomic E-state index is 6.16. The molecule has 0 aliphatic carbocycles. The molecule has 6 heteroatoms. The van der Waals surface area contributed by atoms with Crippen molar-refractivity contribution < 1.29 is 14.0 Å². The Kier molecular flexibility index (Phi) is 5.17. The number of hydrogen-bond donors (Lipinski definition) is 0. The van der Waals surface area contributed by atoms with Gasteiger partial charge in [0.05, 0.1) is 22.6 Å². The topological polar surface area (TPSA) is 70.3 Å². The predicted octanol–water partition coefficient (Wildman–Crippen LogP) is 4.81. The third kappa shape index (κ3) is 4.45. The van der Waals surface area contributed by atoms with Gasteiger partial charge in [-0.2, -0.15) is 0 Å². The summed E-state index contributed by atoms with van der Waals surface area (Å²) < 4.78 is 17.4. The van der Waals surface area contributed by atoms with E-state index in [0.29, 0.717) is 12.4 Å². The van der Waals surface area contributed by atoms with Crippen molar-refractivity contribution in [3.8, 4) is 22.8 Å². The van der Waals surface area contributed by atoms with Crippen LogP contribution in [0.5, 0.6) is 11.5 Å². The molecule has 0 saturated heterocycles. The lowest BCUT2D eigenvalue weighted by molar-refractivity contribution is 0.130. The third-order valence-electron chi connectivity index (χ3n) is 4.07. The highest BCUT2D eigenvalue weighted by atomic mass is 16.5. The van der Waals surface area contributed by atoms with Gasteiger partial charge in [0.1, 0.15) is 29.5 Å². The molecule has 0 fully saturated rings. The summed E-state index contributed by atoms with van der Waals surface area (Å²) >= 11 is 0. The average molecular weight is 367 g/mol. The van der Waals surface area contributed by atoms with Gasteiger partial charge in [0.2, 0.25) is 0 Å². The van der Waals surface area contributed by atoms with Gasteiger partial charge in [-0.25, -0.2) is 0 Å². The Morgan fingerprint density at radius 1 is 1.00 bits per heavy atom. The van der Waals surface area contributed by atoms with E-state index < -0.39 is 0 Å².